The third kappa shape index (κ3) is 3.27. The summed E-state index contributed by atoms with van der Waals surface area (Å²) < 4.78 is 13.2. The molecule has 2 aromatic carbocycles. The van der Waals surface area contributed by atoms with Crippen LogP contribution in [0.3, 0.4) is 0 Å². The third-order valence-corrected chi connectivity index (χ3v) is 8.62. The Morgan fingerprint density at radius 1 is 1.05 bits per heavy atom. The first-order chi connectivity index (χ1) is 10.3. The highest BCUT2D eigenvalue weighted by atomic mass is 28.3. The van der Waals surface area contributed by atoms with E-state index in [1.54, 1.807) is 19.1 Å². The van der Waals surface area contributed by atoms with Crippen LogP contribution < -0.4 is 5.19 Å². The maximum atomic E-state index is 13.2. The lowest BCUT2D eigenvalue weighted by atomic mass is 10.0. The average Bonchev–Trinajstić information content (AvgIpc) is 2.50. The molecule has 2 aromatic rings. The van der Waals surface area contributed by atoms with Crippen molar-refractivity contribution in [1.82, 2.24) is 0 Å². The molecule has 0 radical (unpaired) electrons. The molecule has 1 N–H and O–H groups in total. The summed E-state index contributed by atoms with van der Waals surface area (Å²) in [6, 6.07) is 16.3. The highest BCUT2D eigenvalue weighted by molar-refractivity contribution is 6.91. The van der Waals surface area contributed by atoms with Crippen LogP contribution in [0.4, 0.5) is 4.39 Å². The Labute approximate surface area is 131 Å². The van der Waals surface area contributed by atoms with Crippen molar-refractivity contribution in [2.75, 3.05) is 0 Å². The number of hydrogen-bond acceptors (Lipinski definition) is 1. The van der Waals surface area contributed by atoms with Gasteiger partial charge in [-0.25, -0.2) is 4.39 Å². The van der Waals surface area contributed by atoms with Gasteiger partial charge in [-0.2, -0.15) is 0 Å². The second-order valence-electron chi connectivity index (χ2n) is 6.24. The van der Waals surface area contributed by atoms with Gasteiger partial charge in [0, 0.05) is 0 Å². The molecule has 0 aromatic heterocycles. The topological polar surface area (TPSA) is 37.3 Å². The molecule has 0 amide bonds. The molecule has 0 aliphatic rings. The first-order valence-electron chi connectivity index (χ1n) is 7.38. The molecular formula is C18H21FO2Si. The van der Waals surface area contributed by atoms with Gasteiger partial charge in [0.25, 0.3) is 0 Å². The zero-order valence-corrected chi connectivity index (χ0v) is 14.1. The molecule has 2 atom stereocenters. The first-order valence-corrected chi connectivity index (χ1v) is 10.5. The fourth-order valence-corrected chi connectivity index (χ4v) is 7.02. The Morgan fingerprint density at radius 2 is 1.59 bits per heavy atom. The number of hydrogen-bond donors (Lipinski definition) is 1. The minimum absolute atomic E-state index is 0.118. The smallest absolute Gasteiger partial charge is 0.306 e. The van der Waals surface area contributed by atoms with Crippen molar-refractivity contribution in [2.24, 2.45) is 5.92 Å². The number of aliphatic carboxylic acids is 1. The summed E-state index contributed by atoms with van der Waals surface area (Å²) in [4.78, 5) is 11.6. The average molecular weight is 316 g/mol. The largest absolute Gasteiger partial charge is 0.481 e. The van der Waals surface area contributed by atoms with E-state index >= 15 is 0 Å². The number of rotatable bonds is 5. The molecule has 2 rings (SSSR count). The van der Waals surface area contributed by atoms with E-state index in [1.807, 2.05) is 18.2 Å². The molecule has 0 bridgehead atoms. The van der Waals surface area contributed by atoms with Crippen LogP contribution in [0.2, 0.25) is 13.1 Å². The van der Waals surface area contributed by atoms with Gasteiger partial charge >= 0.3 is 5.97 Å². The summed E-state index contributed by atoms with van der Waals surface area (Å²) >= 11 is 0. The molecule has 0 fully saturated rings. The van der Waals surface area contributed by atoms with Crippen LogP contribution >= 0.6 is 0 Å². The molecule has 0 spiro atoms. The Bertz CT molecular complexity index is 638. The minimum atomic E-state index is -2.10. The van der Waals surface area contributed by atoms with Crippen molar-refractivity contribution in [3.63, 3.8) is 0 Å². The number of carboxylic acid groups (broad SMARTS) is 1. The van der Waals surface area contributed by atoms with Crippen molar-refractivity contribution in [3.8, 4) is 0 Å². The lowest BCUT2D eigenvalue weighted by Gasteiger charge is -2.36. The Balaban J connectivity index is 2.53. The number of carbonyl (C=O) groups is 1. The first kappa shape index (κ1) is 16.4. The van der Waals surface area contributed by atoms with Crippen molar-refractivity contribution in [3.05, 3.63) is 66.0 Å². The summed E-state index contributed by atoms with van der Waals surface area (Å²) in [6.07, 6.45) is 0. The van der Waals surface area contributed by atoms with Gasteiger partial charge in [0.15, 0.2) is 0 Å². The SMILES string of the molecule is C[C@@H](C(=O)O)[C@@H](c1ccc(F)cc1)[Si](C)(C)c1ccccc1. The zero-order valence-electron chi connectivity index (χ0n) is 13.1. The Morgan fingerprint density at radius 3 is 2.09 bits per heavy atom. The normalized spacial score (nSPS) is 14.4. The molecule has 0 aliphatic heterocycles. The van der Waals surface area contributed by atoms with Crippen molar-refractivity contribution >= 4 is 19.2 Å². The van der Waals surface area contributed by atoms with Crippen LogP contribution in [0.5, 0.6) is 0 Å². The van der Waals surface area contributed by atoms with Gasteiger partial charge < -0.3 is 5.11 Å². The number of carboxylic acids is 1. The van der Waals surface area contributed by atoms with E-state index in [0.717, 1.165) is 5.56 Å². The second kappa shape index (κ2) is 6.44. The fourth-order valence-electron chi connectivity index (χ4n) is 3.19. The van der Waals surface area contributed by atoms with Gasteiger partial charge in [-0.3, -0.25) is 4.79 Å². The summed E-state index contributed by atoms with van der Waals surface area (Å²) in [6.45, 7) is 6.10. The summed E-state index contributed by atoms with van der Waals surface area (Å²) in [7, 11) is -2.10. The maximum absolute atomic E-state index is 13.2. The number of benzene rings is 2. The summed E-state index contributed by atoms with van der Waals surface area (Å²) in [5.41, 5.74) is 0.782. The maximum Gasteiger partial charge on any atom is 0.306 e. The lowest BCUT2D eigenvalue weighted by molar-refractivity contribution is -0.141. The molecule has 2 nitrogen and oxygen atoms in total. The van der Waals surface area contributed by atoms with Crippen LogP contribution in [-0.4, -0.2) is 19.1 Å². The molecule has 0 aliphatic carbocycles. The van der Waals surface area contributed by atoms with Crippen LogP contribution in [0.15, 0.2) is 54.6 Å². The molecule has 0 unspecified atom stereocenters. The van der Waals surface area contributed by atoms with Crippen molar-refractivity contribution in [1.29, 1.82) is 0 Å². The monoisotopic (exact) mass is 316 g/mol. The fraction of sp³-hybridized carbons (Fsp3) is 0.278. The summed E-state index contributed by atoms with van der Waals surface area (Å²) in [5, 5.41) is 10.7. The molecule has 0 saturated carbocycles. The predicted molar refractivity (Wildman–Crippen MR) is 89.5 cm³/mol. The van der Waals surface area contributed by atoms with E-state index in [2.05, 4.69) is 25.2 Å². The molecule has 4 heteroatoms. The van der Waals surface area contributed by atoms with E-state index in [9.17, 15) is 14.3 Å². The van der Waals surface area contributed by atoms with Crippen molar-refractivity contribution in [2.45, 2.75) is 25.6 Å². The van der Waals surface area contributed by atoms with Gasteiger partial charge in [0.1, 0.15) is 5.82 Å². The van der Waals surface area contributed by atoms with E-state index in [0.29, 0.717) is 0 Å². The Kier molecular flexibility index (Phi) is 4.81. The van der Waals surface area contributed by atoms with E-state index in [-0.39, 0.29) is 11.4 Å². The van der Waals surface area contributed by atoms with Gasteiger partial charge in [-0.1, -0.05) is 67.7 Å². The molecule has 22 heavy (non-hydrogen) atoms. The highest BCUT2D eigenvalue weighted by Crippen LogP contribution is 2.34. The Hall–Kier alpha value is -1.94. The standard InChI is InChI=1S/C18H21FO2Si/c1-13(18(20)21)17(14-9-11-15(19)12-10-14)22(2,3)16-7-5-4-6-8-16/h4-13,17H,1-3H3,(H,20,21)/t13-,17+/m1/s1. The summed E-state index contributed by atoms with van der Waals surface area (Å²) in [5.74, 6) is -1.64. The van der Waals surface area contributed by atoms with Gasteiger partial charge in [0.2, 0.25) is 0 Å². The van der Waals surface area contributed by atoms with Crippen molar-refractivity contribution < 1.29 is 14.3 Å². The number of halogens is 1. The second-order valence-corrected chi connectivity index (χ2v) is 10.9. The van der Waals surface area contributed by atoms with E-state index < -0.39 is 20.0 Å². The zero-order chi connectivity index (χ0) is 16.3. The third-order valence-electron chi connectivity index (χ3n) is 4.41. The molecular weight excluding hydrogens is 295 g/mol. The lowest BCUT2D eigenvalue weighted by Crippen LogP contribution is -2.51. The van der Waals surface area contributed by atoms with Gasteiger partial charge in [-0.15, -0.1) is 0 Å². The predicted octanol–water partition coefficient (Wildman–Crippen LogP) is 3.78. The van der Waals surface area contributed by atoms with Gasteiger partial charge in [-0.05, 0) is 23.2 Å². The minimum Gasteiger partial charge on any atom is -0.481 e. The van der Waals surface area contributed by atoms with E-state index in [1.165, 1.54) is 17.3 Å². The molecule has 0 saturated heterocycles. The quantitative estimate of drug-likeness (QED) is 0.852. The molecule has 0 heterocycles. The van der Waals surface area contributed by atoms with Crippen LogP contribution in [0.25, 0.3) is 0 Å². The van der Waals surface area contributed by atoms with Gasteiger partial charge in [0.05, 0.1) is 14.0 Å². The van der Waals surface area contributed by atoms with Crippen LogP contribution in [-0.2, 0) is 4.79 Å². The highest BCUT2D eigenvalue weighted by Gasteiger charge is 2.40. The van der Waals surface area contributed by atoms with Crippen LogP contribution in [0.1, 0.15) is 18.0 Å². The van der Waals surface area contributed by atoms with E-state index in [4.69, 9.17) is 0 Å². The van der Waals surface area contributed by atoms with Crippen LogP contribution in [0, 0.1) is 11.7 Å². The molecule has 116 valence electrons.